The first-order chi connectivity index (χ1) is 13.8. The van der Waals surface area contributed by atoms with E-state index in [0.717, 1.165) is 31.3 Å². The summed E-state index contributed by atoms with van der Waals surface area (Å²) in [7, 11) is 0. The van der Waals surface area contributed by atoms with Crippen LogP contribution in [-0.2, 0) is 33.4 Å². The number of esters is 4. The van der Waals surface area contributed by atoms with Gasteiger partial charge in [-0.05, 0) is 31.3 Å². The molecule has 0 aromatic heterocycles. The van der Waals surface area contributed by atoms with Gasteiger partial charge in [0.05, 0.1) is 24.7 Å². The third-order valence-corrected chi connectivity index (χ3v) is 5.51. The molecular weight excluding hydrogens is 376 g/mol. The lowest BCUT2D eigenvalue weighted by molar-refractivity contribution is -0.154. The normalized spacial score (nSPS) is 23.1. The van der Waals surface area contributed by atoms with Gasteiger partial charge in [0.15, 0.2) is 5.78 Å². The van der Waals surface area contributed by atoms with Crippen molar-refractivity contribution >= 4 is 29.7 Å². The number of ketones is 1. The first-order valence-electron chi connectivity index (χ1n) is 10.2. The number of allylic oxidation sites excluding steroid dienone is 2. The Morgan fingerprint density at radius 3 is 2.24 bits per heavy atom. The van der Waals surface area contributed by atoms with Gasteiger partial charge in [-0.25, -0.2) is 0 Å². The van der Waals surface area contributed by atoms with E-state index in [1.54, 1.807) is 0 Å². The second-order valence-corrected chi connectivity index (χ2v) is 7.54. The van der Waals surface area contributed by atoms with Gasteiger partial charge in [0.25, 0.3) is 0 Å². The van der Waals surface area contributed by atoms with E-state index in [-0.39, 0.29) is 24.5 Å². The maximum atomic E-state index is 12.1. The number of carbonyl (C=O) groups is 5. The minimum atomic E-state index is -0.618. The smallest absolute Gasteiger partial charge is 0.321 e. The predicted molar refractivity (Wildman–Crippen MR) is 103 cm³/mol. The van der Waals surface area contributed by atoms with Crippen molar-refractivity contribution in [2.24, 2.45) is 17.8 Å². The Balaban J connectivity index is 2.02. The van der Waals surface area contributed by atoms with Crippen LogP contribution in [0.4, 0.5) is 0 Å². The molecule has 3 atom stereocenters. The van der Waals surface area contributed by atoms with Gasteiger partial charge in [0.2, 0.25) is 0 Å². The number of rotatable bonds is 12. The molecule has 0 bridgehead atoms. The summed E-state index contributed by atoms with van der Waals surface area (Å²) in [6.07, 6.45) is 8.28. The molecule has 2 heterocycles. The molecule has 0 N–H and O–H groups in total. The Kier molecular flexibility index (Phi) is 8.49. The summed E-state index contributed by atoms with van der Waals surface area (Å²) in [5.41, 5.74) is 0.759. The number of hydrogen-bond acceptors (Lipinski definition) is 7. The van der Waals surface area contributed by atoms with Crippen LogP contribution >= 0.6 is 0 Å². The van der Waals surface area contributed by atoms with E-state index >= 15 is 0 Å². The molecule has 0 amide bonds. The van der Waals surface area contributed by atoms with Crippen molar-refractivity contribution in [1.29, 1.82) is 0 Å². The zero-order chi connectivity index (χ0) is 21.4. The standard InChI is InChI=1S/C22H28O7/c1-3-14(17-12-19(24)28-21(17)26)11-15(18-13-20(25)29-22(18)27)9-7-5-6-8-10-16(23)4-2/h4,11,15,17-18H,2-3,5-10,12-13H2,1H3/b14-11+. The van der Waals surface area contributed by atoms with E-state index in [2.05, 4.69) is 11.3 Å². The summed E-state index contributed by atoms with van der Waals surface area (Å²) in [6, 6.07) is 0. The molecule has 2 aliphatic rings. The van der Waals surface area contributed by atoms with E-state index in [1.165, 1.54) is 6.08 Å². The largest absolute Gasteiger partial charge is 0.393 e. The number of unbranched alkanes of at least 4 members (excludes halogenated alkanes) is 3. The average molecular weight is 404 g/mol. The molecule has 2 rings (SSSR count). The minimum absolute atomic E-state index is 0.0105. The highest BCUT2D eigenvalue weighted by molar-refractivity contribution is 5.96. The molecule has 2 saturated heterocycles. The summed E-state index contributed by atoms with van der Waals surface area (Å²) in [6.45, 7) is 5.34. The van der Waals surface area contributed by atoms with Crippen LogP contribution in [0.5, 0.6) is 0 Å². The summed E-state index contributed by atoms with van der Waals surface area (Å²) in [5, 5.41) is 0. The molecule has 2 fully saturated rings. The number of ether oxygens (including phenoxy) is 2. The lowest BCUT2D eigenvalue weighted by Crippen LogP contribution is -2.20. The topological polar surface area (TPSA) is 104 Å². The Hall–Kier alpha value is -2.57. The molecule has 7 nitrogen and oxygen atoms in total. The van der Waals surface area contributed by atoms with Gasteiger partial charge in [0, 0.05) is 6.42 Å². The van der Waals surface area contributed by atoms with Crippen LogP contribution in [0.25, 0.3) is 0 Å². The van der Waals surface area contributed by atoms with E-state index in [9.17, 15) is 24.0 Å². The Morgan fingerprint density at radius 2 is 1.69 bits per heavy atom. The van der Waals surface area contributed by atoms with E-state index in [0.29, 0.717) is 19.3 Å². The van der Waals surface area contributed by atoms with Crippen LogP contribution in [0, 0.1) is 17.8 Å². The van der Waals surface area contributed by atoms with Gasteiger partial charge in [-0.15, -0.1) is 0 Å². The molecule has 0 radical (unpaired) electrons. The summed E-state index contributed by atoms with van der Waals surface area (Å²) in [5.74, 6) is -3.57. The number of hydrogen-bond donors (Lipinski definition) is 0. The zero-order valence-electron chi connectivity index (χ0n) is 16.8. The highest BCUT2D eigenvalue weighted by atomic mass is 16.6. The van der Waals surface area contributed by atoms with Crippen LogP contribution in [0.15, 0.2) is 24.3 Å². The molecule has 2 aliphatic heterocycles. The second kappa shape index (κ2) is 10.8. The molecule has 0 aromatic rings. The van der Waals surface area contributed by atoms with Crippen LogP contribution in [0.2, 0.25) is 0 Å². The molecule has 0 saturated carbocycles. The Morgan fingerprint density at radius 1 is 1.03 bits per heavy atom. The van der Waals surface area contributed by atoms with Crippen LogP contribution < -0.4 is 0 Å². The minimum Gasteiger partial charge on any atom is -0.393 e. The van der Waals surface area contributed by atoms with Crippen molar-refractivity contribution in [3.8, 4) is 0 Å². The molecule has 158 valence electrons. The maximum absolute atomic E-state index is 12.1. The Bertz CT molecular complexity index is 719. The van der Waals surface area contributed by atoms with Crippen molar-refractivity contribution in [3.63, 3.8) is 0 Å². The summed E-state index contributed by atoms with van der Waals surface area (Å²) >= 11 is 0. The van der Waals surface area contributed by atoms with Crippen molar-refractivity contribution < 1.29 is 33.4 Å². The van der Waals surface area contributed by atoms with Gasteiger partial charge in [-0.1, -0.05) is 44.4 Å². The second-order valence-electron chi connectivity index (χ2n) is 7.54. The summed E-state index contributed by atoms with van der Waals surface area (Å²) in [4.78, 5) is 58.3. The fourth-order valence-electron chi connectivity index (χ4n) is 3.87. The average Bonchev–Trinajstić information content (AvgIpc) is 3.20. The van der Waals surface area contributed by atoms with Crippen LogP contribution in [0.1, 0.15) is 64.7 Å². The van der Waals surface area contributed by atoms with Gasteiger partial charge in [-0.2, -0.15) is 0 Å². The predicted octanol–water partition coefficient (Wildman–Crippen LogP) is 3.21. The van der Waals surface area contributed by atoms with Gasteiger partial charge in [-0.3, -0.25) is 24.0 Å². The maximum Gasteiger partial charge on any atom is 0.321 e. The van der Waals surface area contributed by atoms with Crippen LogP contribution in [0.3, 0.4) is 0 Å². The van der Waals surface area contributed by atoms with E-state index in [4.69, 9.17) is 4.74 Å². The van der Waals surface area contributed by atoms with Crippen molar-refractivity contribution in [1.82, 2.24) is 0 Å². The molecule has 29 heavy (non-hydrogen) atoms. The van der Waals surface area contributed by atoms with E-state index in [1.807, 2.05) is 13.0 Å². The lowest BCUT2D eigenvalue weighted by Gasteiger charge is -2.20. The highest BCUT2D eigenvalue weighted by Crippen LogP contribution is 2.34. The molecule has 3 unspecified atom stereocenters. The van der Waals surface area contributed by atoms with Crippen molar-refractivity contribution in [2.75, 3.05) is 0 Å². The highest BCUT2D eigenvalue weighted by Gasteiger charge is 2.40. The Labute approximate surface area is 170 Å². The molecule has 0 spiro atoms. The number of cyclic esters (lactones) is 4. The summed E-state index contributed by atoms with van der Waals surface area (Å²) < 4.78 is 9.37. The van der Waals surface area contributed by atoms with E-state index < -0.39 is 35.7 Å². The fraction of sp³-hybridized carbons (Fsp3) is 0.591. The number of carbonyl (C=O) groups excluding carboxylic acids is 5. The van der Waals surface area contributed by atoms with Crippen molar-refractivity contribution in [2.45, 2.75) is 64.7 Å². The van der Waals surface area contributed by atoms with Gasteiger partial charge < -0.3 is 9.47 Å². The molecule has 0 aliphatic carbocycles. The fourth-order valence-corrected chi connectivity index (χ4v) is 3.87. The zero-order valence-corrected chi connectivity index (χ0v) is 16.8. The monoisotopic (exact) mass is 404 g/mol. The molecule has 0 aromatic carbocycles. The first-order valence-corrected chi connectivity index (χ1v) is 10.2. The van der Waals surface area contributed by atoms with Gasteiger partial charge in [0.1, 0.15) is 0 Å². The van der Waals surface area contributed by atoms with Crippen molar-refractivity contribution in [3.05, 3.63) is 24.3 Å². The SMILES string of the molecule is C=CC(=O)CCCCCCC(/C=C(\CC)C1CC(=O)OC1=O)C1CC(=O)OC1=O. The van der Waals surface area contributed by atoms with Crippen LogP contribution in [-0.4, -0.2) is 29.7 Å². The molecular formula is C22H28O7. The third-order valence-electron chi connectivity index (χ3n) is 5.51. The lowest BCUT2D eigenvalue weighted by atomic mass is 9.82. The molecule has 7 heteroatoms. The third kappa shape index (κ3) is 6.48. The quantitative estimate of drug-likeness (QED) is 0.162. The first kappa shape index (κ1) is 22.7. The van der Waals surface area contributed by atoms with Gasteiger partial charge >= 0.3 is 23.9 Å².